The molecule has 2 atom stereocenters. The van der Waals surface area contributed by atoms with Crippen LogP contribution in [-0.2, 0) is 21.1 Å². The number of rotatable bonds is 2. The summed E-state index contributed by atoms with van der Waals surface area (Å²) in [5.41, 5.74) is 1.39. The molecule has 3 heterocycles. The maximum Gasteiger partial charge on any atom is 0.0919 e. The van der Waals surface area contributed by atoms with Crippen LogP contribution in [0.15, 0.2) is 24.3 Å². The van der Waals surface area contributed by atoms with Gasteiger partial charge < -0.3 is 14.7 Å². The Kier molecular flexibility index (Phi) is 3.75. The second kappa shape index (κ2) is 5.62. The molecule has 4 nitrogen and oxygen atoms in total. The van der Waals surface area contributed by atoms with E-state index in [9.17, 15) is 9.32 Å². The van der Waals surface area contributed by atoms with Crippen LogP contribution in [0.25, 0.3) is 0 Å². The number of fused-ring (bicyclic) bond motifs is 2. The molecule has 2 unspecified atom stereocenters. The van der Waals surface area contributed by atoms with E-state index in [4.69, 9.17) is 4.74 Å². The van der Waals surface area contributed by atoms with Crippen LogP contribution in [0.1, 0.15) is 31.2 Å². The minimum atomic E-state index is -0.788. The molecule has 1 N–H and O–H groups in total. The number of ether oxygens (including phenoxy) is 1. The van der Waals surface area contributed by atoms with Crippen molar-refractivity contribution in [1.82, 2.24) is 0 Å². The quantitative estimate of drug-likeness (QED) is 0.902. The highest BCUT2D eigenvalue weighted by Gasteiger charge is 2.48. The minimum absolute atomic E-state index is 0.183. The SMILES string of the molecule is O=S1C2CCC1CC(O)(c1ccc(N3CCOCC3)cc1)C2. The zero-order valence-electron chi connectivity index (χ0n) is 12.7. The number of hydrogen-bond acceptors (Lipinski definition) is 4. The molecule has 3 saturated heterocycles. The third-order valence-corrected chi connectivity index (χ3v) is 7.50. The van der Waals surface area contributed by atoms with Gasteiger partial charge in [-0.25, -0.2) is 0 Å². The monoisotopic (exact) mass is 321 g/mol. The van der Waals surface area contributed by atoms with Gasteiger partial charge >= 0.3 is 0 Å². The number of anilines is 1. The molecule has 1 aromatic rings. The zero-order chi connectivity index (χ0) is 15.2. The van der Waals surface area contributed by atoms with Gasteiger partial charge in [-0.15, -0.1) is 0 Å². The van der Waals surface area contributed by atoms with Crippen molar-refractivity contribution in [1.29, 1.82) is 0 Å². The van der Waals surface area contributed by atoms with Crippen molar-refractivity contribution in [3.8, 4) is 0 Å². The number of nitrogens with zero attached hydrogens (tertiary/aromatic N) is 1. The van der Waals surface area contributed by atoms with Gasteiger partial charge in [0, 0.05) is 40.1 Å². The summed E-state index contributed by atoms with van der Waals surface area (Å²) in [7, 11) is -0.729. The van der Waals surface area contributed by atoms with E-state index < -0.39 is 16.4 Å². The normalized spacial score (nSPS) is 38.2. The molecule has 0 amide bonds. The van der Waals surface area contributed by atoms with Crippen LogP contribution < -0.4 is 4.90 Å². The molecule has 1 aromatic carbocycles. The van der Waals surface area contributed by atoms with Gasteiger partial charge in [0.2, 0.25) is 0 Å². The predicted octanol–water partition coefficient (Wildman–Crippen LogP) is 1.78. The molecule has 3 aliphatic heterocycles. The molecule has 3 aliphatic rings. The summed E-state index contributed by atoms with van der Waals surface area (Å²) < 4.78 is 17.5. The fraction of sp³-hybridized carbons (Fsp3) is 0.647. The molecular weight excluding hydrogens is 298 g/mol. The van der Waals surface area contributed by atoms with Crippen molar-refractivity contribution in [2.75, 3.05) is 31.2 Å². The fourth-order valence-corrected chi connectivity index (χ4v) is 6.28. The van der Waals surface area contributed by atoms with E-state index in [2.05, 4.69) is 29.2 Å². The Labute approximate surface area is 133 Å². The van der Waals surface area contributed by atoms with Gasteiger partial charge in [-0.05, 0) is 43.4 Å². The van der Waals surface area contributed by atoms with E-state index in [1.54, 1.807) is 0 Å². The molecule has 0 spiro atoms. The Balaban J connectivity index is 1.54. The van der Waals surface area contributed by atoms with E-state index in [0.29, 0.717) is 12.8 Å². The Morgan fingerprint density at radius 2 is 1.68 bits per heavy atom. The zero-order valence-corrected chi connectivity index (χ0v) is 13.6. The van der Waals surface area contributed by atoms with E-state index >= 15 is 0 Å². The van der Waals surface area contributed by atoms with E-state index in [0.717, 1.165) is 44.7 Å². The van der Waals surface area contributed by atoms with E-state index in [1.807, 2.05) is 0 Å². The lowest BCUT2D eigenvalue weighted by Gasteiger charge is -2.36. The standard InChI is InChI=1S/C17H23NO3S/c19-17(11-15-5-6-16(12-17)22(15)20)13-1-3-14(4-2-13)18-7-9-21-10-8-18/h1-4,15-16,19H,5-12H2. The fourth-order valence-electron chi connectivity index (χ4n) is 4.12. The molecular formula is C17H23NO3S. The van der Waals surface area contributed by atoms with Gasteiger partial charge in [-0.2, -0.15) is 0 Å². The predicted molar refractivity (Wildman–Crippen MR) is 87.6 cm³/mol. The largest absolute Gasteiger partial charge is 0.385 e. The first kappa shape index (κ1) is 14.7. The van der Waals surface area contributed by atoms with Crippen molar-refractivity contribution in [2.24, 2.45) is 0 Å². The number of benzene rings is 1. The van der Waals surface area contributed by atoms with Gasteiger partial charge in [0.25, 0.3) is 0 Å². The molecule has 0 saturated carbocycles. The van der Waals surface area contributed by atoms with E-state index in [1.165, 1.54) is 5.69 Å². The first-order chi connectivity index (χ1) is 10.7. The van der Waals surface area contributed by atoms with Crippen molar-refractivity contribution < 1.29 is 14.1 Å². The summed E-state index contributed by atoms with van der Waals surface area (Å²) in [5.74, 6) is 0. The smallest absolute Gasteiger partial charge is 0.0919 e. The minimum Gasteiger partial charge on any atom is -0.385 e. The van der Waals surface area contributed by atoms with Crippen molar-refractivity contribution in [3.63, 3.8) is 0 Å². The summed E-state index contributed by atoms with van der Waals surface area (Å²) >= 11 is 0. The van der Waals surface area contributed by atoms with Gasteiger partial charge in [0.05, 0.1) is 18.8 Å². The Morgan fingerprint density at radius 3 is 2.27 bits per heavy atom. The van der Waals surface area contributed by atoms with Gasteiger partial charge in [-0.3, -0.25) is 4.21 Å². The third kappa shape index (κ3) is 2.49. The summed E-state index contributed by atoms with van der Waals surface area (Å²) in [6, 6.07) is 8.31. The van der Waals surface area contributed by atoms with Gasteiger partial charge in [0.15, 0.2) is 0 Å². The van der Waals surface area contributed by atoms with Crippen LogP contribution in [0, 0.1) is 0 Å². The highest BCUT2D eigenvalue weighted by atomic mass is 32.2. The lowest BCUT2D eigenvalue weighted by molar-refractivity contribution is 0.0185. The molecule has 22 heavy (non-hydrogen) atoms. The van der Waals surface area contributed by atoms with Crippen LogP contribution in [0.3, 0.4) is 0 Å². The molecule has 2 bridgehead atoms. The average molecular weight is 321 g/mol. The highest BCUT2D eigenvalue weighted by Crippen LogP contribution is 2.46. The van der Waals surface area contributed by atoms with Gasteiger partial charge in [-0.1, -0.05) is 12.1 Å². The lowest BCUT2D eigenvalue weighted by atomic mass is 9.86. The molecule has 0 aliphatic carbocycles. The number of hydrogen-bond donors (Lipinski definition) is 1. The maximum absolute atomic E-state index is 12.1. The van der Waals surface area contributed by atoms with Crippen molar-refractivity contribution >= 4 is 16.5 Å². The first-order valence-corrected chi connectivity index (χ1v) is 9.48. The number of morpholine rings is 1. The summed E-state index contributed by atoms with van der Waals surface area (Å²) in [5, 5.41) is 11.4. The van der Waals surface area contributed by atoms with Crippen LogP contribution in [0.4, 0.5) is 5.69 Å². The van der Waals surface area contributed by atoms with Crippen molar-refractivity contribution in [2.45, 2.75) is 41.8 Å². The van der Waals surface area contributed by atoms with Crippen LogP contribution in [0.2, 0.25) is 0 Å². The van der Waals surface area contributed by atoms with Crippen LogP contribution in [-0.4, -0.2) is 46.1 Å². The first-order valence-electron chi connectivity index (χ1n) is 8.21. The average Bonchev–Trinajstić information content (AvgIpc) is 2.78. The topological polar surface area (TPSA) is 49.8 Å². The Hall–Kier alpha value is -0.910. The summed E-state index contributed by atoms with van der Waals surface area (Å²) in [6.07, 6.45) is 3.30. The molecule has 120 valence electrons. The Morgan fingerprint density at radius 1 is 1.09 bits per heavy atom. The molecule has 4 rings (SSSR count). The molecule has 0 radical (unpaired) electrons. The highest BCUT2D eigenvalue weighted by molar-refractivity contribution is 7.86. The maximum atomic E-state index is 12.1. The second-order valence-electron chi connectivity index (χ2n) is 6.74. The van der Waals surface area contributed by atoms with Crippen molar-refractivity contribution in [3.05, 3.63) is 29.8 Å². The van der Waals surface area contributed by atoms with E-state index in [-0.39, 0.29) is 10.5 Å². The van der Waals surface area contributed by atoms with Crippen LogP contribution >= 0.6 is 0 Å². The Bertz CT molecular complexity index is 552. The molecule has 3 fully saturated rings. The molecule has 5 heteroatoms. The van der Waals surface area contributed by atoms with Gasteiger partial charge in [0.1, 0.15) is 0 Å². The van der Waals surface area contributed by atoms with Crippen LogP contribution in [0.5, 0.6) is 0 Å². The summed E-state index contributed by atoms with van der Waals surface area (Å²) in [6.45, 7) is 3.40. The number of aliphatic hydroxyl groups is 1. The summed E-state index contributed by atoms with van der Waals surface area (Å²) in [4.78, 5) is 2.32. The third-order valence-electron chi connectivity index (χ3n) is 5.38. The molecule has 0 aromatic heterocycles. The lowest BCUT2D eigenvalue weighted by Crippen LogP contribution is -2.40. The second-order valence-corrected chi connectivity index (χ2v) is 8.73.